The summed E-state index contributed by atoms with van der Waals surface area (Å²) in [5, 5.41) is 12.1. The summed E-state index contributed by atoms with van der Waals surface area (Å²) in [6, 6.07) is 14.2. The highest BCUT2D eigenvalue weighted by atomic mass is 32.2. The number of hydrogen-bond acceptors (Lipinski definition) is 16. The van der Waals surface area contributed by atoms with Gasteiger partial charge in [0.25, 0.3) is 11.6 Å². The summed E-state index contributed by atoms with van der Waals surface area (Å²) >= 11 is 0. The van der Waals surface area contributed by atoms with Gasteiger partial charge in [-0.1, -0.05) is 12.1 Å². The van der Waals surface area contributed by atoms with Gasteiger partial charge in [-0.25, -0.2) is 23.4 Å². The molecule has 0 saturated carbocycles. The third-order valence-corrected chi connectivity index (χ3v) is 11.8. The van der Waals surface area contributed by atoms with Crippen LogP contribution in [0.5, 0.6) is 11.8 Å². The number of nitro groups is 1. The minimum absolute atomic E-state index is 0.00186. The number of aromatic nitrogens is 3. The average Bonchev–Trinajstić information content (AvgIpc) is 3.31. The molecule has 0 atom stereocenters. The van der Waals surface area contributed by atoms with E-state index < -0.39 is 48.9 Å². The summed E-state index contributed by atoms with van der Waals surface area (Å²) in [5.41, 5.74) is 4.42. The Morgan fingerprint density at radius 2 is 1.48 bits per heavy atom. The van der Waals surface area contributed by atoms with E-state index in [1.54, 1.807) is 44.3 Å². The second-order valence-corrected chi connectivity index (χ2v) is 16.3. The Morgan fingerprint density at radius 3 is 2.12 bits per heavy atom. The number of halogens is 3. The van der Waals surface area contributed by atoms with Crippen LogP contribution < -0.4 is 20.1 Å². The molecule has 1 aromatic carbocycles. The number of nitrogens with two attached hydrogens (primary N) is 1. The first-order valence-electron chi connectivity index (χ1n) is 21.4. The summed E-state index contributed by atoms with van der Waals surface area (Å²) in [5.74, 6) is -0.841. The SMILES string of the molecule is CCOc1ccc(C(=O)N2CCN(c3ccc(-c4cccnc4OCC)nc3CN(CCCOCCOCCOCCOCCN)S(=O)(=O)c3ccccc3[N+](=O)[O-])CC2)c(C(F)(F)F)n1. The monoisotopic (exact) mass is 948 g/mol. The Hall–Kier alpha value is -5.56. The third kappa shape index (κ3) is 14.2. The fourth-order valence-corrected chi connectivity index (χ4v) is 8.47. The van der Waals surface area contributed by atoms with E-state index in [0.717, 1.165) is 16.4 Å². The van der Waals surface area contributed by atoms with Crippen molar-refractivity contribution in [3.63, 3.8) is 0 Å². The first kappa shape index (κ1) is 51.4. The smallest absolute Gasteiger partial charge is 0.434 e. The molecule has 0 aliphatic carbocycles. The molecule has 1 fully saturated rings. The number of nitrogens with zero attached hydrogens (tertiary/aromatic N) is 7. The molecule has 4 aromatic rings. The van der Waals surface area contributed by atoms with Gasteiger partial charge < -0.3 is 44.0 Å². The number of ether oxygens (including phenoxy) is 6. The summed E-state index contributed by atoms with van der Waals surface area (Å²) in [7, 11) is -4.58. The zero-order valence-corrected chi connectivity index (χ0v) is 37.6. The normalized spacial score (nSPS) is 13.3. The minimum Gasteiger partial charge on any atom is -0.478 e. The molecule has 1 amide bonds. The molecular formula is C43H55F3N8O11S. The van der Waals surface area contributed by atoms with Crippen LogP contribution in [0.2, 0.25) is 0 Å². The van der Waals surface area contributed by atoms with Crippen LogP contribution >= 0.6 is 0 Å². The Morgan fingerprint density at radius 1 is 0.833 bits per heavy atom. The predicted molar refractivity (Wildman–Crippen MR) is 235 cm³/mol. The number of nitro benzene ring substituents is 1. The quantitative estimate of drug-likeness (QED) is 0.0480. The van der Waals surface area contributed by atoms with Gasteiger partial charge in [0.15, 0.2) is 10.6 Å². The van der Waals surface area contributed by atoms with Gasteiger partial charge in [-0.2, -0.15) is 17.5 Å². The van der Waals surface area contributed by atoms with Crippen molar-refractivity contribution in [2.75, 3.05) is 110 Å². The van der Waals surface area contributed by atoms with Crippen molar-refractivity contribution in [2.24, 2.45) is 5.73 Å². The van der Waals surface area contributed by atoms with Crippen LogP contribution in [-0.2, 0) is 41.7 Å². The maximum atomic E-state index is 14.5. The second kappa shape index (κ2) is 25.4. The number of hydrogen-bond donors (Lipinski definition) is 1. The summed E-state index contributed by atoms with van der Waals surface area (Å²) in [6.45, 7) is 6.49. The van der Waals surface area contributed by atoms with Crippen LogP contribution in [0.25, 0.3) is 11.3 Å². The van der Waals surface area contributed by atoms with Gasteiger partial charge in [0.1, 0.15) is 0 Å². The highest BCUT2D eigenvalue weighted by molar-refractivity contribution is 7.89. The van der Waals surface area contributed by atoms with E-state index in [4.69, 9.17) is 39.1 Å². The van der Waals surface area contributed by atoms with Crippen molar-refractivity contribution in [2.45, 2.75) is 37.9 Å². The number of amides is 1. The molecule has 360 valence electrons. The van der Waals surface area contributed by atoms with Crippen molar-refractivity contribution >= 4 is 27.3 Å². The lowest BCUT2D eigenvalue weighted by atomic mass is 10.1. The molecule has 19 nitrogen and oxygen atoms in total. The molecule has 4 heterocycles. The van der Waals surface area contributed by atoms with Crippen molar-refractivity contribution < 1.29 is 59.7 Å². The number of benzene rings is 1. The molecule has 1 aliphatic rings. The highest BCUT2D eigenvalue weighted by Crippen LogP contribution is 2.35. The Bertz CT molecular complexity index is 2300. The number of alkyl halides is 3. The van der Waals surface area contributed by atoms with Gasteiger partial charge in [-0.15, -0.1) is 0 Å². The Balaban J connectivity index is 1.39. The Labute approximate surface area is 381 Å². The summed E-state index contributed by atoms with van der Waals surface area (Å²) in [6.07, 6.45) is -3.19. The first-order chi connectivity index (χ1) is 31.8. The highest BCUT2D eigenvalue weighted by Gasteiger charge is 2.40. The Kier molecular flexibility index (Phi) is 19.8. The van der Waals surface area contributed by atoms with Crippen LogP contribution in [0.3, 0.4) is 0 Å². The van der Waals surface area contributed by atoms with Crippen LogP contribution in [0.15, 0.2) is 71.8 Å². The molecule has 3 aromatic heterocycles. The van der Waals surface area contributed by atoms with Gasteiger partial charge in [-0.05, 0) is 56.7 Å². The molecule has 66 heavy (non-hydrogen) atoms. The van der Waals surface area contributed by atoms with Gasteiger partial charge in [0.05, 0.1) is 99.1 Å². The number of carbonyl (C=O) groups excluding carboxylic acids is 1. The predicted octanol–water partition coefficient (Wildman–Crippen LogP) is 4.83. The lowest BCUT2D eigenvalue weighted by Crippen LogP contribution is -2.49. The van der Waals surface area contributed by atoms with E-state index >= 15 is 0 Å². The standard InChI is InChI=1S/C43H55F3N8O11S/c1-3-64-39-15-12-33(40(50-39)43(44,45)46)42(55)52-21-19-51(20-22-52)36-14-13-34(32-9-7-17-48-41(32)65-4-2)49-35(36)31-53(66(58,59)38-11-6-5-10-37(38)54(56)57)18-8-23-60-25-27-62-29-30-63-28-26-61-24-16-47/h5-7,9-15,17H,3-4,8,16,18-31,47H2,1-2H3. The van der Waals surface area contributed by atoms with Gasteiger partial charge in [-0.3, -0.25) is 14.9 Å². The topological polar surface area (TPSA) is 224 Å². The molecular weight excluding hydrogens is 894 g/mol. The van der Waals surface area contributed by atoms with Gasteiger partial charge >= 0.3 is 6.18 Å². The van der Waals surface area contributed by atoms with E-state index in [9.17, 15) is 36.5 Å². The van der Waals surface area contributed by atoms with Gasteiger partial charge in [0, 0.05) is 64.2 Å². The fraction of sp³-hybridized carbons (Fsp3) is 0.488. The molecule has 0 spiro atoms. The van der Waals surface area contributed by atoms with Crippen LogP contribution in [0.4, 0.5) is 24.5 Å². The molecule has 1 aliphatic heterocycles. The third-order valence-electron chi connectivity index (χ3n) is 9.93. The molecule has 1 saturated heterocycles. The van der Waals surface area contributed by atoms with E-state index in [0.29, 0.717) is 63.1 Å². The van der Waals surface area contributed by atoms with Crippen LogP contribution in [0.1, 0.15) is 42.0 Å². The van der Waals surface area contributed by atoms with Gasteiger partial charge in [0.2, 0.25) is 21.8 Å². The van der Waals surface area contributed by atoms with Crippen LogP contribution in [-0.4, -0.2) is 149 Å². The maximum Gasteiger partial charge on any atom is 0.434 e. The lowest BCUT2D eigenvalue weighted by Gasteiger charge is -2.37. The first-order valence-corrected chi connectivity index (χ1v) is 22.8. The van der Waals surface area contributed by atoms with Crippen LogP contribution in [0, 0.1) is 10.1 Å². The molecule has 0 unspecified atom stereocenters. The molecule has 23 heteroatoms. The number of anilines is 1. The number of para-hydroxylation sites is 1. The number of rotatable bonds is 27. The zero-order chi connectivity index (χ0) is 47.5. The minimum atomic E-state index is -4.93. The van der Waals surface area contributed by atoms with E-state index in [1.165, 1.54) is 29.2 Å². The summed E-state index contributed by atoms with van der Waals surface area (Å²) in [4.78, 5) is 40.5. The average molecular weight is 949 g/mol. The molecule has 0 radical (unpaired) electrons. The lowest BCUT2D eigenvalue weighted by molar-refractivity contribution is -0.387. The van der Waals surface area contributed by atoms with E-state index in [1.807, 2.05) is 4.90 Å². The fourth-order valence-electron chi connectivity index (χ4n) is 6.87. The maximum absolute atomic E-state index is 14.5. The number of pyridine rings is 3. The summed E-state index contributed by atoms with van der Waals surface area (Å²) < 4.78 is 105. The second-order valence-electron chi connectivity index (χ2n) is 14.4. The van der Waals surface area contributed by atoms with Crippen molar-refractivity contribution in [1.29, 1.82) is 0 Å². The molecule has 5 rings (SSSR count). The van der Waals surface area contributed by atoms with Crippen molar-refractivity contribution in [3.05, 3.63) is 93.9 Å². The van der Waals surface area contributed by atoms with Crippen molar-refractivity contribution in [3.8, 4) is 23.0 Å². The van der Waals surface area contributed by atoms with Crippen molar-refractivity contribution in [1.82, 2.24) is 24.2 Å². The number of sulfonamides is 1. The zero-order valence-electron chi connectivity index (χ0n) is 36.8. The van der Waals surface area contributed by atoms with E-state index in [2.05, 4.69) is 9.97 Å². The molecule has 2 N–H and O–H groups in total. The number of carbonyl (C=O) groups is 1. The largest absolute Gasteiger partial charge is 0.478 e. The van der Waals surface area contributed by atoms with E-state index in [-0.39, 0.29) is 89.6 Å². The number of piperazine rings is 1. The molecule has 0 bridgehead atoms.